The van der Waals surface area contributed by atoms with Crippen LogP contribution < -0.4 is 0 Å². The van der Waals surface area contributed by atoms with Crippen molar-refractivity contribution in [3.63, 3.8) is 0 Å². The maximum atomic E-state index is 3.61. The fourth-order valence-electron chi connectivity index (χ4n) is 0.279. The lowest BCUT2D eigenvalue weighted by atomic mass is 10.3. The minimum atomic E-state index is 1.11. The van der Waals surface area contributed by atoms with E-state index in [0.29, 0.717) is 0 Å². The molecule has 0 saturated heterocycles. The summed E-state index contributed by atoms with van der Waals surface area (Å²) in [6.07, 6.45) is 3.60. The Morgan fingerprint density at radius 3 is 2.00 bits per heavy atom. The molecule has 0 rings (SSSR count). The van der Waals surface area contributed by atoms with Crippen LogP contribution in [0.15, 0.2) is 36.2 Å². The Balaban J connectivity index is 4.25. The molecule has 0 nitrogen and oxygen atoms in total. The second-order valence-electron chi connectivity index (χ2n) is 1.55. The summed E-state index contributed by atoms with van der Waals surface area (Å²) >= 11 is 0. The van der Waals surface area contributed by atoms with Crippen molar-refractivity contribution >= 4 is 9.24 Å². The highest BCUT2D eigenvalue weighted by Gasteiger charge is 1.82. The van der Waals surface area contributed by atoms with Crippen molar-refractivity contribution < 1.29 is 0 Å². The molecule has 0 aromatic rings. The fourth-order valence-corrected chi connectivity index (χ4v) is 0.397. The third kappa shape index (κ3) is 2.09. The molecule has 0 N–H and O–H groups in total. The van der Waals surface area contributed by atoms with Gasteiger partial charge < -0.3 is 0 Å². The van der Waals surface area contributed by atoms with Crippen molar-refractivity contribution in [3.8, 4) is 0 Å². The topological polar surface area (TPSA) is 0 Å². The van der Waals surface area contributed by atoms with E-state index >= 15 is 0 Å². The second-order valence-corrected chi connectivity index (χ2v) is 2.17. The van der Waals surface area contributed by atoms with Gasteiger partial charge >= 0.3 is 0 Å². The quantitative estimate of drug-likeness (QED) is 0.394. The van der Waals surface area contributed by atoms with Crippen LogP contribution in [0.2, 0.25) is 0 Å². The van der Waals surface area contributed by atoms with E-state index in [-0.39, 0.29) is 0 Å². The normalized spacial score (nSPS) is 12.2. The van der Waals surface area contributed by atoms with Crippen molar-refractivity contribution in [2.45, 2.75) is 6.92 Å². The van der Waals surface area contributed by atoms with Gasteiger partial charge in [-0.05, 0) is 17.8 Å². The Hall–Kier alpha value is -0.350. The highest BCUT2D eigenvalue weighted by Crippen LogP contribution is 2.12. The smallest absolute Gasteiger partial charge is 0.0280 e. The van der Waals surface area contributed by atoms with Crippen molar-refractivity contribution in [1.29, 1.82) is 0 Å². The molecule has 0 spiro atoms. The van der Waals surface area contributed by atoms with Crippen LogP contribution in [0.25, 0.3) is 0 Å². The first-order valence-electron chi connectivity index (χ1n) is 2.43. The van der Waals surface area contributed by atoms with Gasteiger partial charge in [0.05, 0.1) is 0 Å². The molecule has 0 aliphatic rings. The first-order valence-corrected chi connectivity index (χ1v) is 3.01. The summed E-state index contributed by atoms with van der Waals surface area (Å²) in [7, 11) is 2.58. The summed E-state index contributed by atoms with van der Waals surface area (Å²) in [6.45, 7) is 9.21. The van der Waals surface area contributed by atoms with Gasteiger partial charge in [-0.3, -0.25) is 0 Å². The zero-order chi connectivity index (χ0) is 6.57. The number of rotatable bonds is 2. The van der Waals surface area contributed by atoms with Crippen LogP contribution in [0.3, 0.4) is 0 Å². The average molecular weight is 126 g/mol. The first kappa shape index (κ1) is 7.65. The largest absolute Gasteiger partial charge is 0.105 e. The number of hydrogen-bond acceptors (Lipinski definition) is 0. The van der Waals surface area contributed by atoms with Crippen molar-refractivity contribution in [2.75, 3.05) is 0 Å². The SMILES string of the molecule is C=C/C(C)=C(/P)C=C. The van der Waals surface area contributed by atoms with E-state index in [1.165, 1.54) is 0 Å². The standard InChI is InChI=1S/C7H11P/c1-4-6(3)7(8)5-2/h4-5H,1-2,8H2,3H3/b7-6+. The summed E-state index contributed by atoms with van der Waals surface area (Å²) in [5.41, 5.74) is 1.16. The molecule has 44 valence electrons. The molecule has 1 atom stereocenters. The maximum absolute atomic E-state index is 3.61. The summed E-state index contributed by atoms with van der Waals surface area (Å²) in [6, 6.07) is 0. The summed E-state index contributed by atoms with van der Waals surface area (Å²) in [5, 5.41) is 1.11. The molecule has 0 amide bonds. The molecule has 0 aliphatic heterocycles. The monoisotopic (exact) mass is 126 g/mol. The first-order chi connectivity index (χ1) is 3.72. The highest BCUT2D eigenvalue weighted by molar-refractivity contribution is 7.23. The predicted molar refractivity (Wildman–Crippen MR) is 42.8 cm³/mol. The minimum absolute atomic E-state index is 1.11. The van der Waals surface area contributed by atoms with Gasteiger partial charge in [-0.15, -0.1) is 9.24 Å². The zero-order valence-corrected chi connectivity index (χ0v) is 6.30. The zero-order valence-electron chi connectivity index (χ0n) is 5.15. The van der Waals surface area contributed by atoms with Gasteiger partial charge in [0.2, 0.25) is 0 Å². The molecule has 1 unspecified atom stereocenters. The molecular formula is C7H11P. The van der Waals surface area contributed by atoms with Gasteiger partial charge in [0.15, 0.2) is 0 Å². The van der Waals surface area contributed by atoms with E-state index in [2.05, 4.69) is 22.4 Å². The molecule has 0 aromatic carbocycles. The van der Waals surface area contributed by atoms with Gasteiger partial charge in [-0.1, -0.05) is 25.3 Å². The highest BCUT2D eigenvalue weighted by atomic mass is 31.0. The molecule has 1 heteroatoms. The van der Waals surface area contributed by atoms with Crippen LogP contribution in [-0.4, -0.2) is 0 Å². The molecular weight excluding hydrogens is 115 g/mol. The molecule has 0 aliphatic carbocycles. The second kappa shape index (κ2) is 3.63. The van der Waals surface area contributed by atoms with Gasteiger partial charge in [0.25, 0.3) is 0 Å². The molecule has 0 radical (unpaired) electrons. The molecule has 0 heterocycles. The summed E-state index contributed by atoms with van der Waals surface area (Å²) in [4.78, 5) is 0. The van der Waals surface area contributed by atoms with E-state index in [4.69, 9.17) is 0 Å². The third-order valence-electron chi connectivity index (χ3n) is 0.981. The van der Waals surface area contributed by atoms with Gasteiger partial charge in [-0.25, -0.2) is 0 Å². The molecule has 0 bridgehead atoms. The average Bonchev–Trinajstić information content (AvgIpc) is 1.84. The van der Waals surface area contributed by atoms with Gasteiger partial charge in [0, 0.05) is 0 Å². The van der Waals surface area contributed by atoms with Gasteiger partial charge in [-0.2, -0.15) is 0 Å². The van der Waals surface area contributed by atoms with Crippen molar-refractivity contribution in [1.82, 2.24) is 0 Å². The van der Waals surface area contributed by atoms with Crippen LogP contribution in [-0.2, 0) is 0 Å². The third-order valence-corrected chi connectivity index (χ3v) is 1.67. The van der Waals surface area contributed by atoms with Crippen molar-refractivity contribution in [2.24, 2.45) is 0 Å². The maximum Gasteiger partial charge on any atom is -0.0280 e. The lowest BCUT2D eigenvalue weighted by Gasteiger charge is -1.92. The lowest BCUT2D eigenvalue weighted by Crippen LogP contribution is -1.67. The Bertz CT molecular complexity index is 115. The molecule has 0 fully saturated rings. The van der Waals surface area contributed by atoms with E-state index in [9.17, 15) is 0 Å². The number of hydrogen-bond donors (Lipinski definition) is 0. The minimum Gasteiger partial charge on any atom is -0.105 e. The summed E-state index contributed by atoms with van der Waals surface area (Å²) < 4.78 is 0. The van der Waals surface area contributed by atoms with Crippen molar-refractivity contribution in [3.05, 3.63) is 36.2 Å². The Morgan fingerprint density at radius 1 is 1.38 bits per heavy atom. The summed E-state index contributed by atoms with van der Waals surface area (Å²) in [5.74, 6) is 0. The van der Waals surface area contributed by atoms with Crippen LogP contribution in [0, 0.1) is 0 Å². The molecule has 8 heavy (non-hydrogen) atoms. The predicted octanol–water partition coefficient (Wildman–Crippen LogP) is 2.51. The molecule has 0 saturated carbocycles. The Labute approximate surface area is 53.2 Å². The van der Waals surface area contributed by atoms with Crippen LogP contribution >= 0.6 is 9.24 Å². The van der Waals surface area contributed by atoms with Crippen LogP contribution in [0.5, 0.6) is 0 Å². The fraction of sp³-hybridized carbons (Fsp3) is 0.143. The van der Waals surface area contributed by atoms with Gasteiger partial charge in [0.1, 0.15) is 0 Å². The van der Waals surface area contributed by atoms with Crippen LogP contribution in [0.1, 0.15) is 6.92 Å². The number of allylic oxidation sites excluding steroid dienone is 4. The Kier molecular flexibility index (Phi) is 3.47. The molecule has 0 aromatic heterocycles. The lowest BCUT2D eigenvalue weighted by molar-refractivity contribution is 1.52. The van der Waals surface area contributed by atoms with E-state index in [1.807, 2.05) is 13.0 Å². The van der Waals surface area contributed by atoms with E-state index in [1.54, 1.807) is 6.08 Å². The van der Waals surface area contributed by atoms with E-state index < -0.39 is 0 Å². The van der Waals surface area contributed by atoms with Crippen LogP contribution in [0.4, 0.5) is 0 Å². The Morgan fingerprint density at radius 2 is 1.88 bits per heavy atom. The van der Waals surface area contributed by atoms with E-state index in [0.717, 1.165) is 10.9 Å².